The third-order valence-electron chi connectivity index (χ3n) is 2.81. The topological polar surface area (TPSA) is 47.6 Å². The number of halogens is 2. The fourth-order valence-corrected chi connectivity index (χ4v) is 2.27. The summed E-state index contributed by atoms with van der Waals surface area (Å²) in [6.07, 6.45) is 0. The molecule has 0 heterocycles. The van der Waals surface area contributed by atoms with E-state index in [9.17, 15) is 4.79 Å². The Labute approximate surface area is 136 Å². The van der Waals surface area contributed by atoms with E-state index < -0.39 is 0 Å². The van der Waals surface area contributed by atoms with E-state index in [1.165, 1.54) is 14.2 Å². The Balaban J connectivity index is 2.30. The van der Waals surface area contributed by atoms with Crippen LogP contribution in [0, 0.1) is 0 Å². The number of ether oxygens (including phenoxy) is 2. The van der Waals surface area contributed by atoms with Gasteiger partial charge in [-0.1, -0.05) is 17.7 Å². The second-order valence-corrected chi connectivity index (χ2v) is 5.36. The number of anilines is 1. The van der Waals surface area contributed by atoms with Crippen molar-refractivity contribution in [2.24, 2.45) is 0 Å². The number of hydrogen-bond donors (Lipinski definition) is 1. The fourth-order valence-electron chi connectivity index (χ4n) is 1.73. The molecule has 0 radical (unpaired) electrons. The molecule has 0 saturated carbocycles. The van der Waals surface area contributed by atoms with Crippen LogP contribution in [0.15, 0.2) is 40.9 Å². The number of rotatable bonds is 4. The molecule has 0 aliphatic rings. The Kier molecular flexibility index (Phi) is 5.09. The van der Waals surface area contributed by atoms with Crippen LogP contribution in [0.1, 0.15) is 10.4 Å². The van der Waals surface area contributed by atoms with E-state index in [1.54, 1.807) is 36.4 Å². The quantitative estimate of drug-likeness (QED) is 0.869. The average molecular weight is 371 g/mol. The van der Waals surface area contributed by atoms with Gasteiger partial charge in [0.15, 0.2) is 0 Å². The molecule has 1 N–H and O–H groups in total. The van der Waals surface area contributed by atoms with E-state index in [1.807, 2.05) is 0 Å². The van der Waals surface area contributed by atoms with Crippen molar-refractivity contribution in [3.05, 3.63) is 51.5 Å². The van der Waals surface area contributed by atoms with E-state index in [-0.39, 0.29) is 5.91 Å². The first-order chi connectivity index (χ1) is 10.0. The molecule has 2 rings (SSSR count). The molecular formula is C15H13BrClNO3. The van der Waals surface area contributed by atoms with Crippen LogP contribution in [0.3, 0.4) is 0 Å². The van der Waals surface area contributed by atoms with Gasteiger partial charge in [0, 0.05) is 11.6 Å². The van der Waals surface area contributed by atoms with E-state index in [2.05, 4.69) is 21.2 Å². The van der Waals surface area contributed by atoms with Crippen LogP contribution in [0.5, 0.6) is 11.5 Å². The van der Waals surface area contributed by atoms with Crippen LogP contribution >= 0.6 is 27.5 Å². The van der Waals surface area contributed by atoms with Crippen molar-refractivity contribution < 1.29 is 14.3 Å². The highest BCUT2D eigenvalue weighted by Gasteiger charge is 2.12. The molecule has 2 aromatic carbocycles. The molecule has 0 aliphatic heterocycles. The van der Waals surface area contributed by atoms with Gasteiger partial charge in [0.25, 0.3) is 5.91 Å². The summed E-state index contributed by atoms with van der Waals surface area (Å²) in [5.74, 6) is 0.810. The van der Waals surface area contributed by atoms with Gasteiger partial charge in [-0.05, 0) is 40.2 Å². The molecule has 21 heavy (non-hydrogen) atoms. The van der Waals surface area contributed by atoms with Gasteiger partial charge in [-0.3, -0.25) is 4.79 Å². The highest BCUT2D eigenvalue weighted by molar-refractivity contribution is 9.10. The van der Waals surface area contributed by atoms with Crippen LogP contribution in [0.25, 0.3) is 0 Å². The zero-order valence-corrected chi connectivity index (χ0v) is 13.8. The molecule has 0 aromatic heterocycles. The molecule has 4 nitrogen and oxygen atoms in total. The molecule has 6 heteroatoms. The molecule has 0 unspecified atom stereocenters. The number of benzene rings is 2. The second-order valence-electron chi connectivity index (χ2n) is 4.16. The minimum absolute atomic E-state index is 0.282. The monoisotopic (exact) mass is 369 g/mol. The Hall–Kier alpha value is -1.72. The first-order valence-corrected chi connectivity index (χ1v) is 7.20. The SMILES string of the molecule is COc1cc(OC)cc(C(=O)Nc2cccc(Cl)c2Br)c1. The Morgan fingerprint density at radius 3 is 2.33 bits per heavy atom. The van der Waals surface area contributed by atoms with Crippen molar-refractivity contribution in [1.29, 1.82) is 0 Å². The van der Waals surface area contributed by atoms with Crippen LogP contribution in [-0.2, 0) is 0 Å². The number of nitrogens with one attached hydrogen (secondary N) is 1. The van der Waals surface area contributed by atoms with Gasteiger partial charge in [-0.15, -0.1) is 0 Å². The lowest BCUT2D eigenvalue weighted by Crippen LogP contribution is -2.12. The van der Waals surface area contributed by atoms with Crippen LogP contribution in [0.4, 0.5) is 5.69 Å². The van der Waals surface area contributed by atoms with E-state index in [4.69, 9.17) is 21.1 Å². The van der Waals surface area contributed by atoms with Gasteiger partial charge >= 0.3 is 0 Å². The first-order valence-electron chi connectivity index (χ1n) is 6.03. The van der Waals surface area contributed by atoms with Crippen molar-refractivity contribution >= 4 is 39.1 Å². The highest BCUT2D eigenvalue weighted by Crippen LogP contribution is 2.31. The summed E-state index contributed by atoms with van der Waals surface area (Å²) in [7, 11) is 3.06. The molecule has 0 atom stereocenters. The lowest BCUT2D eigenvalue weighted by molar-refractivity contribution is 0.102. The predicted molar refractivity (Wildman–Crippen MR) is 86.7 cm³/mol. The molecular weight excluding hydrogens is 358 g/mol. The third-order valence-corrected chi connectivity index (χ3v) is 4.21. The number of amides is 1. The maximum atomic E-state index is 12.3. The van der Waals surface area contributed by atoms with Gasteiger partial charge in [-0.2, -0.15) is 0 Å². The maximum absolute atomic E-state index is 12.3. The van der Waals surface area contributed by atoms with Crippen molar-refractivity contribution in [2.75, 3.05) is 19.5 Å². The van der Waals surface area contributed by atoms with Crippen LogP contribution < -0.4 is 14.8 Å². The summed E-state index contributed by atoms with van der Waals surface area (Å²) in [6.45, 7) is 0. The van der Waals surface area contributed by atoms with E-state index in [0.29, 0.717) is 32.2 Å². The summed E-state index contributed by atoms with van der Waals surface area (Å²) in [5.41, 5.74) is 1.02. The summed E-state index contributed by atoms with van der Waals surface area (Å²) in [6, 6.07) is 10.2. The van der Waals surface area contributed by atoms with Gasteiger partial charge in [0.05, 0.1) is 29.4 Å². The summed E-state index contributed by atoms with van der Waals surface area (Å²) in [5, 5.41) is 3.31. The average Bonchev–Trinajstić information content (AvgIpc) is 2.51. The zero-order chi connectivity index (χ0) is 15.4. The zero-order valence-electron chi connectivity index (χ0n) is 11.4. The standard InChI is InChI=1S/C15H13BrClNO3/c1-20-10-6-9(7-11(8-10)21-2)15(19)18-13-5-3-4-12(17)14(13)16/h3-8H,1-2H3,(H,18,19). The van der Waals surface area contributed by atoms with Crippen molar-refractivity contribution in [3.63, 3.8) is 0 Å². The maximum Gasteiger partial charge on any atom is 0.255 e. The molecule has 0 fully saturated rings. The molecule has 0 bridgehead atoms. The molecule has 2 aromatic rings. The van der Waals surface area contributed by atoms with Gasteiger partial charge in [0.1, 0.15) is 11.5 Å². The number of methoxy groups -OCH3 is 2. The molecule has 1 amide bonds. The van der Waals surface area contributed by atoms with Gasteiger partial charge < -0.3 is 14.8 Å². The number of hydrogen-bond acceptors (Lipinski definition) is 3. The third kappa shape index (κ3) is 3.68. The summed E-state index contributed by atoms with van der Waals surface area (Å²) < 4.78 is 10.9. The highest BCUT2D eigenvalue weighted by atomic mass is 79.9. The van der Waals surface area contributed by atoms with Crippen LogP contribution in [0.2, 0.25) is 5.02 Å². The summed E-state index contributed by atoms with van der Waals surface area (Å²) in [4.78, 5) is 12.3. The Bertz CT molecular complexity index is 654. The largest absolute Gasteiger partial charge is 0.497 e. The minimum atomic E-state index is -0.282. The smallest absolute Gasteiger partial charge is 0.255 e. The lowest BCUT2D eigenvalue weighted by Gasteiger charge is -2.11. The molecule has 0 aliphatic carbocycles. The lowest BCUT2D eigenvalue weighted by atomic mass is 10.2. The first kappa shape index (κ1) is 15.7. The van der Waals surface area contributed by atoms with Crippen LogP contribution in [-0.4, -0.2) is 20.1 Å². The van der Waals surface area contributed by atoms with E-state index >= 15 is 0 Å². The van der Waals surface area contributed by atoms with Gasteiger partial charge in [-0.25, -0.2) is 0 Å². The number of carbonyl (C=O) groups excluding carboxylic acids is 1. The second kappa shape index (κ2) is 6.83. The van der Waals surface area contributed by atoms with E-state index in [0.717, 1.165) is 0 Å². The normalized spacial score (nSPS) is 10.1. The molecule has 0 spiro atoms. The molecule has 110 valence electrons. The molecule has 0 saturated heterocycles. The minimum Gasteiger partial charge on any atom is -0.497 e. The fraction of sp³-hybridized carbons (Fsp3) is 0.133. The van der Waals surface area contributed by atoms with Gasteiger partial charge in [0.2, 0.25) is 0 Å². The van der Waals surface area contributed by atoms with Crippen molar-refractivity contribution in [3.8, 4) is 11.5 Å². The Morgan fingerprint density at radius 1 is 1.14 bits per heavy atom. The van der Waals surface area contributed by atoms with Crippen molar-refractivity contribution in [1.82, 2.24) is 0 Å². The number of carbonyl (C=O) groups is 1. The predicted octanol–water partition coefficient (Wildman–Crippen LogP) is 4.37. The Morgan fingerprint density at radius 2 is 1.76 bits per heavy atom. The summed E-state index contributed by atoms with van der Waals surface area (Å²) >= 11 is 9.34. The van der Waals surface area contributed by atoms with Crippen molar-refractivity contribution in [2.45, 2.75) is 0 Å².